The molecule has 1 aliphatic rings. The van der Waals surface area contributed by atoms with E-state index in [2.05, 4.69) is 41.8 Å². The van der Waals surface area contributed by atoms with E-state index in [1.54, 1.807) is 0 Å². The van der Waals surface area contributed by atoms with E-state index in [4.69, 9.17) is 0 Å². The van der Waals surface area contributed by atoms with E-state index in [1.807, 2.05) is 0 Å². The lowest BCUT2D eigenvalue weighted by atomic mass is 9.96. The highest BCUT2D eigenvalue weighted by Gasteiger charge is 2.11. The molecule has 2 N–H and O–H groups in total. The number of anilines is 1. The summed E-state index contributed by atoms with van der Waals surface area (Å²) in [5, 5.41) is 6.99. The Morgan fingerprint density at radius 1 is 1.29 bits per heavy atom. The molecule has 1 unspecified atom stereocenters. The summed E-state index contributed by atoms with van der Waals surface area (Å²) in [7, 11) is 0. The van der Waals surface area contributed by atoms with Gasteiger partial charge in [-0.2, -0.15) is 0 Å². The van der Waals surface area contributed by atoms with Gasteiger partial charge in [0.05, 0.1) is 0 Å². The third kappa shape index (κ3) is 4.04. The molecule has 1 aromatic carbocycles. The first-order valence-electron chi connectivity index (χ1n) is 6.92. The van der Waals surface area contributed by atoms with Crippen molar-refractivity contribution in [3.05, 3.63) is 29.8 Å². The van der Waals surface area contributed by atoms with Gasteiger partial charge in [0, 0.05) is 12.2 Å². The van der Waals surface area contributed by atoms with Crippen molar-refractivity contribution in [1.82, 2.24) is 5.32 Å². The average Bonchev–Trinajstić information content (AvgIpc) is 2.41. The Morgan fingerprint density at radius 3 is 2.76 bits per heavy atom. The van der Waals surface area contributed by atoms with Gasteiger partial charge in [-0.05, 0) is 62.4 Å². The molecule has 2 heteroatoms. The first-order valence-corrected chi connectivity index (χ1v) is 6.92. The van der Waals surface area contributed by atoms with Crippen molar-refractivity contribution in [2.45, 2.75) is 32.6 Å². The smallest absolute Gasteiger partial charge is 0.0340 e. The van der Waals surface area contributed by atoms with Crippen LogP contribution in [0.4, 0.5) is 5.69 Å². The van der Waals surface area contributed by atoms with Crippen LogP contribution in [0.3, 0.4) is 0 Å². The highest BCUT2D eigenvalue weighted by atomic mass is 14.9. The Balaban J connectivity index is 1.69. The minimum Gasteiger partial charge on any atom is -0.385 e. The first-order chi connectivity index (χ1) is 8.38. The van der Waals surface area contributed by atoms with Gasteiger partial charge in [-0.15, -0.1) is 0 Å². The van der Waals surface area contributed by atoms with E-state index in [0.717, 1.165) is 18.9 Å². The van der Waals surface area contributed by atoms with Crippen LogP contribution in [-0.4, -0.2) is 19.6 Å². The molecule has 0 aliphatic carbocycles. The molecular formula is C15H24N2. The monoisotopic (exact) mass is 232 g/mol. The zero-order chi connectivity index (χ0) is 11.9. The third-order valence-corrected chi connectivity index (χ3v) is 3.64. The van der Waals surface area contributed by atoms with E-state index in [9.17, 15) is 0 Å². The van der Waals surface area contributed by atoms with Gasteiger partial charge in [0.15, 0.2) is 0 Å². The van der Waals surface area contributed by atoms with Gasteiger partial charge < -0.3 is 10.6 Å². The molecule has 1 heterocycles. The number of rotatable bonds is 5. The maximum Gasteiger partial charge on any atom is 0.0340 e. The quantitative estimate of drug-likeness (QED) is 0.815. The Hall–Kier alpha value is -1.02. The average molecular weight is 232 g/mol. The predicted molar refractivity (Wildman–Crippen MR) is 74.5 cm³/mol. The minimum atomic E-state index is 0.867. The Kier molecular flexibility index (Phi) is 4.87. The van der Waals surface area contributed by atoms with Crippen molar-refractivity contribution in [1.29, 1.82) is 0 Å². The maximum absolute atomic E-state index is 3.52. The Labute approximate surface area is 105 Å². The molecule has 0 spiro atoms. The topological polar surface area (TPSA) is 24.1 Å². The summed E-state index contributed by atoms with van der Waals surface area (Å²) in [5.74, 6) is 0.867. The van der Waals surface area contributed by atoms with Gasteiger partial charge in [0.2, 0.25) is 0 Å². The molecule has 1 aliphatic heterocycles. The summed E-state index contributed by atoms with van der Waals surface area (Å²) < 4.78 is 0. The number of benzene rings is 1. The molecule has 1 saturated heterocycles. The molecule has 1 fully saturated rings. The lowest BCUT2D eigenvalue weighted by Crippen LogP contribution is -2.30. The molecule has 0 bridgehead atoms. The maximum atomic E-state index is 3.52. The van der Waals surface area contributed by atoms with Crippen LogP contribution >= 0.6 is 0 Å². The van der Waals surface area contributed by atoms with Gasteiger partial charge in [0.25, 0.3) is 0 Å². The molecule has 1 aromatic rings. The van der Waals surface area contributed by atoms with Crippen LogP contribution in [0.5, 0.6) is 0 Å². The van der Waals surface area contributed by atoms with Crippen LogP contribution in [0.2, 0.25) is 0 Å². The van der Waals surface area contributed by atoms with Gasteiger partial charge in [-0.25, -0.2) is 0 Å². The van der Waals surface area contributed by atoms with E-state index in [1.165, 1.54) is 43.6 Å². The standard InChI is InChI=1S/C15H24N2/c1-2-13-5-7-15(8-6-13)17-11-9-14-4-3-10-16-12-14/h5-8,14,16-17H,2-4,9-12H2,1H3. The van der Waals surface area contributed by atoms with Crippen molar-refractivity contribution < 1.29 is 0 Å². The number of nitrogens with one attached hydrogen (secondary N) is 2. The zero-order valence-electron chi connectivity index (χ0n) is 10.8. The second-order valence-electron chi connectivity index (χ2n) is 4.98. The lowest BCUT2D eigenvalue weighted by Gasteiger charge is -2.22. The minimum absolute atomic E-state index is 0.867. The predicted octanol–water partition coefficient (Wildman–Crippen LogP) is 3.05. The van der Waals surface area contributed by atoms with Gasteiger partial charge in [0.1, 0.15) is 0 Å². The summed E-state index contributed by atoms with van der Waals surface area (Å²) >= 11 is 0. The van der Waals surface area contributed by atoms with E-state index in [-0.39, 0.29) is 0 Å². The molecule has 0 aromatic heterocycles. The second kappa shape index (κ2) is 6.65. The van der Waals surface area contributed by atoms with Crippen molar-refractivity contribution >= 4 is 5.69 Å². The van der Waals surface area contributed by atoms with Crippen LogP contribution < -0.4 is 10.6 Å². The van der Waals surface area contributed by atoms with E-state index >= 15 is 0 Å². The normalized spacial score (nSPS) is 20.2. The molecule has 0 saturated carbocycles. The number of hydrogen-bond donors (Lipinski definition) is 2. The molecule has 17 heavy (non-hydrogen) atoms. The molecule has 1 atom stereocenters. The van der Waals surface area contributed by atoms with Crippen LogP contribution in [0.25, 0.3) is 0 Å². The van der Waals surface area contributed by atoms with Crippen LogP contribution in [0.15, 0.2) is 24.3 Å². The molecule has 94 valence electrons. The van der Waals surface area contributed by atoms with Gasteiger partial charge in [-0.3, -0.25) is 0 Å². The van der Waals surface area contributed by atoms with Crippen LogP contribution in [0.1, 0.15) is 31.7 Å². The first kappa shape index (κ1) is 12.4. The summed E-state index contributed by atoms with van der Waals surface area (Å²) in [6, 6.07) is 8.81. The highest BCUT2D eigenvalue weighted by molar-refractivity contribution is 5.44. The van der Waals surface area contributed by atoms with Crippen molar-refractivity contribution in [3.8, 4) is 0 Å². The zero-order valence-corrected chi connectivity index (χ0v) is 10.8. The third-order valence-electron chi connectivity index (χ3n) is 3.64. The van der Waals surface area contributed by atoms with Crippen molar-refractivity contribution in [2.75, 3.05) is 25.0 Å². The van der Waals surface area contributed by atoms with Crippen LogP contribution in [0, 0.1) is 5.92 Å². The number of aryl methyl sites for hydroxylation is 1. The second-order valence-corrected chi connectivity index (χ2v) is 4.98. The summed E-state index contributed by atoms with van der Waals surface area (Å²) in [5.41, 5.74) is 2.66. The molecular weight excluding hydrogens is 208 g/mol. The van der Waals surface area contributed by atoms with Crippen molar-refractivity contribution in [3.63, 3.8) is 0 Å². The molecule has 0 radical (unpaired) electrons. The number of hydrogen-bond acceptors (Lipinski definition) is 2. The lowest BCUT2D eigenvalue weighted by molar-refractivity contribution is 0.364. The van der Waals surface area contributed by atoms with Crippen LogP contribution in [-0.2, 0) is 6.42 Å². The molecule has 2 nitrogen and oxygen atoms in total. The SMILES string of the molecule is CCc1ccc(NCCC2CCCNC2)cc1. The summed E-state index contributed by atoms with van der Waals surface area (Å²) in [4.78, 5) is 0. The Bertz CT molecular complexity index is 312. The Morgan fingerprint density at radius 2 is 2.12 bits per heavy atom. The fourth-order valence-corrected chi connectivity index (χ4v) is 2.45. The fraction of sp³-hybridized carbons (Fsp3) is 0.600. The number of piperidine rings is 1. The summed E-state index contributed by atoms with van der Waals surface area (Å²) in [6.07, 6.45) is 5.13. The molecule has 0 amide bonds. The van der Waals surface area contributed by atoms with Crippen molar-refractivity contribution in [2.24, 2.45) is 5.92 Å². The molecule has 2 rings (SSSR count). The van der Waals surface area contributed by atoms with E-state index < -0.39 is 0 Å². The van der Waals surface area contributed by atoms with E-state index in [0.29, 0.717) is 0 Å². The van der Waals surface area contributed by atoms with Gasteiger partial charge >= 0.3 is 0 Å². The highest BCUT2D eigenvalue weighted by Crippen LogP contribution is 2.15. The van der Waals surface area contributed by atoms with Gasteiger partial charge in [-0.1, -0.05) is 19.1 Å². The largest absolute Gasteiger partial charge is 0.385 e. The summed E-state index contributed by atoms with van der Waals surface area (Å²) in [6.45, 7) is 5.70. The fourth-order valence-electron chi connectivity index (χ4n) is 2.45.